The first kappa shape index (κ1) is 17.8. The molecule has 0 aromatic heterocycles. The molecule has 1 N–H and O–H groups in total. The first-order valence-electron chi connectivity index (χ1n) is 7.12. The molecular formula is C16H25ClN2O2. The van der Waals surface area contributed by atoms with E-state index in [4.69, 9.17) is 16.3 Å². The number of hydrogen-bond donors (Lipinski definition) is 1. The molecule has 1 aromatic carbocycles. The Morgan fingerprint density at radius 3 is 2.67 bits per heavy atom. The van der Waals surface area contributed by atoms with Gasteiger partial charge >= 0.3 is 6.09 Å². The minimum atomic E-state index is -0.465. The van der Waals surface area contributed by atoms with Gasteiger partial charge in [0.1, 0.15) is 5.60 Å². The maximum absolute atomic E-state index is 11.8. The molecule has 0 radical (unpaired) electrons. The van der Waals surface area contributed by atoms with E-state index in [0.29, 0.717) is 13.1 Å². The highest BCUT2D eigenvalue weighted by Crippen LogP contribution is 2.17. The topological polar surface area (TPSA) is 41.6 Å². The standard InChI is InChI=1S/C16H25ClN2O2/c1-12(13-7-6-8-14(17)11-13)18-9-10-19(5)15(20)21-16(2,3)4/h6-8,11-12,18H,9-10H2,1-5H3. The Morgan fingerprint density at radius 2 is 2.10 bits per heavy atom. The number of rotatable bonds is 5. The molecule has 0 heterocycles. The number of ether oxygens (including phenoxy) is 1. The van der Waals surface area contributed by atoms with E-state index in [1.165, 1.54) is 0 Å². The second kappa shape index (κ2) is 7.66. The van der Waals surface area contributed by atoms with Gasteiger partial charge in [0.05, 0.1) is 0 Å². The van der Waals surface area contributed by atoms with Crippen LogP contribution in [0.3, 0.4) is 0 Å². The Kier molecular flexibility index (Phi) is 6.49. The Balaban J connectivity index is 2.37. The number of amides is 1. The number of carbonyl (C=O) groups is 1. The van der Waals surface area contributed by atoms with Crippen molar-refractivity contribution in [2.45, 2.75) is 39.3 Å². The van der Waals surface area contributed by atoms with Crippen LogP contribution in [0.5, 0.6) is 0 Å². The number of likely N-dealkylation sites (N-methyl/N-ethyl adjacent to an activating group) is 1. The summed E-state index contributed by atoms with van der Waals surface area (Å²) in [6.45, 7) is 8.91. The third-order valence-corrected chi connectivity index (χ3v) is 3.19. The molecule has 5 heteroatoms. The van der Waals surface area contributed by atoms with Crippen molar-refractivity contribution in [3.63, 3.8) is 0 Å². The van der Waals surface area contributed by atoms with Gasteiger partial charge < -0.3 is 15.0 Å². The molecule has 1 aromatic rings. The summed E-state index contributed by atoms with van der Waals surface area (Å²) in [6, 6.07) is 7.94. The lowest BCUT2D eigenvalue weighted by Gasteiger charge is -2.25. The van der Waals surface area contributed by atoms with Gasteiger partial charge in [-0.05, 0) is 45.4 Å². The molecule has 0 saturated carbocycles. The molecule has 21 heavy (non-hydrogen) atoms. The van der Waals surface area contributed by atoms with Crippen molar-refractivity contribution in [1.82, 2.24) is 10.2 Å². The van der Waals surface area contributed by atoms with E-state index in [-0.39, 0.29) is 12.1 Å². The maximum Gasteiger partial charge on any atom is 0.410 e. The molecule has 0 aliphatic rings. The number of carbonyl (C=O) groups excluding carboxylic acids is 1. The highest BCUT2D eigenvalue weighted by molar-refractivity contribution is 6.30. The van der Waals surface area contributed by atoms with Crippen molar-refractivity contribution in [3.05, 3.63) is 34.9 Å². The van der Waals surface area contributed by atoms with E-state index in [9.17, 15) is 4.79 Å². The number of halogens is 1. The molecule has 1 atom stereocenters. The average Bonchev–Trinajstić information content (AvgIpc) is 2.36. The van der Waals surface area contributed by atoms with Gasteiger partial charge in [-0.15, -0.1) is 0 Å². The summed E-state index contributed by atoms with van der Waals surface area (Å²) < 4.78 is 5.30. The fourth-order valence-corrected chi connectivity index (χ4v) is 1.97. The Labute approximate surface area is 132 Å². The summed E-state index contributed by atoms with van der Waals surface area (Å²) in [5.41, 5.74) is 0.662. The molecule has 0 spiro atoms. The number of benzene rings is 1. The molecule has 1 amide bonds. The van der Waals surface area contributed by atoms with Crippen LogP contribution in [-0.4, -0.2) is 36.7 Å². The highest BCUT2D eigenvalue weighted by Gasteiger charge is 2.19. The average molecular weight is 313 g/mol. The summed E-state index contributed by atoms with van der Waals surface area (Å²) in [5, 5.41) is 4.10. The fourth-order valence-electron chi connectivity index (χ4n) is 1.77. The lowest BCUT2D eigenvalue weighted by molar-refractivity contribution is 0.0299. The first-order chi connectivity index (χ1) is 9.69. The molecule has 0 aliphatic heterocycles. The van der Waals surface area contributed by atoms with Crippen LogP contribution < -0.4 is 5.32 Å². The van der Waals surface area contributed by atoms with Crippen LogP contribution in [0, 0.1) is 0 Å². The third-order valence-electron chi connectivity index (χ3n) is 2.95. The maximum atomic E-state index is 11.8. The molecule has 0 fully saturated rings. The monoisotopic (exact) mass is 312 g/mol. The van der Waals surface area contributed by atoms with Crippen LogP contribution in [0.15, 0.2) is 24.3 Å². The van der Waals surface area contributed by atoms with Crippen LogP contribution in [0.2, 0.25) is 5.02 Å². The molecule has 4 nitrogen and oxygen atoms in total. The fraction of sp³-hybridized carbons (Fsp3) is 0.562. The van der Waals surface area contributed by atoms with E-state index in [2.05, 4.69) is 12.2 Å². The lowest BCUT2D eigenvalue weighted by Crippen LogP contribution is -2.38. The van der Waals surface area contributed by atoms with Crippen LogP contribution >= 0.6 is 11.6 Å². The van der Waals surface area contributed by atoms with Gasteiger partial charge in [-0.25, -0.2) is 4.79 Å². The normalized spacial score (nSPS) is 12.9. The van der Waals surface area contributed by atoms with E-state index in [1.54, 1.807) is 11.9 Å². The second-order valence-electron chi connectivity index (χ2n) is 6.13. The number of nitrogens with one attached hydrogen (secondary N) is 1. The van der Waals surface area contributed by atoms with Crippen molar-refractivity contribution in [3.8, 4) is 0 Å². The zero-order valence-electron chi connectivity index (χ0n) is 13.4. The summed E-state index contributed by atoms with van der Waals surface area (Å²) in [7, 11) is 1.74. The first-order valence-corrected chi connectivity index (χ1v) is 7.50. The molecule has 0 saturated heterocycles. The van der Waals surface area contributed by atoms with Gasteiger partial charge in [-0.2, -0.15) is 0 Å². The van der Waals surface area contributed by atoms with Crippen LogP contribution in [0.1, 0.15) is 39.3 Å². The quantitative estimate of drug-likeness (QED) is 0.897. The zero-order chi connectivity index (χ0) is 16.0. The molecule has 0 aliphatic carbocycles. The van der Waals surface area contributed by atoms with Crippen molar-refractivity contribution in [2.75, 3.05) is 20.1 Å². The summed E-state index contributed by atoms with van der Waals surface area (Å²) >= 11 is 5.98. The van der Waals surface area contributed by atoms with Crippen molar-refractivity contribution < 1.29 is 9.53 Å². The SMILES string of the molecule is CC(NCCN(C)C(=O)OC(C)(C)C)c1cccc(Cl)c1. The molecule has 1 rings (SSSR count). The predicted molar refractivity (Wildman–Crippen MR) is 86.7 cm³/mol. The molecule has 1 unspecified atom stereocenters. The van der Waals surface area contributed by atoms with Crippen molar-refractivity contribution in [1.29, 1.82) is 0 Å². The van der Waals surface area contributed by atoms with Gasteiger partial charge in [0.25, 0.3) is 0 Å². The summed E-state index contributed by atoms with van der Waals surface area (Å²) in [4.78, 5) is 13.4. The van der Waals surface area contributed by atoms with Crippen LogP contribution in [-0.2, 0) is 4.74 Å². The summed E-state index contributed by atoms with van der Waals surface area (Å²) in [5.74, 6) is 0. The van der Waals surface area contributed by atoms with Gasteiger partial charge in [0.2, 0.25) is 0 Å². The zero-order valence-corrected chi connectivity index (χ0v) is 14.2. The summed E-state index contributed by atoms with van der Waals surface area (Å²) in [6.07, 6.45) is -0.306. The van der Waals surface area contributed by atoms with Crippen LogP contribution in [0.25, 0.3) is 0 Å². The van der Waals surface area contributed by atoms with E-state index in [0.717, 1.165) is 10.6 Å². The Morgan fingerprint density at radius 1 is 1.43 bits per heavy atom. The molecular weight excluding hydrogens is 288 g/mol. The van der Waals surface area contributed by atoms with E-state index >= 15 is 0 Å². The van der Waals surface area contributed by atoms with E-state index < -0.39 is 5.60 Å². The second-order valence-corrected chi connectivity index (χ2v) is 6.57. The predicted octanol–water partition coefficient (Wildman–Crippen LogP) is 3.86. The minimum absolute atomic E-state index is 0.177. The van der Waals surface area contributed by atoms with E-state index in [1.807, 2.05) is 45.0 Å². The minimum Gasteiger partial charge on any atom is -0.444 e. The molecule has 118 valence electrons. The van der Waals surface area contributed by atoms with Gasteiger partial charge in [0.15, 0.2) is 0 Å². The Hall–Kier alpha value is -1.26. The highest BCUT2D eigenvalue weighted by atomic mass is 35.5. The van der Waals surface area contributed by atoms with Crippen molar-refractivity contribution >= 4 is 17.7 Å². The largest absolute Gasteiger partial charge is 0.444 e. The van der Waals surface area contributed by atoms with Gasteiger partial charge in [-0.3, -0.25) is 0 Å². The smallest absolute Gasteiger partial charge is 0.410 e. The van der Waals surface area contributed by atoms with Crippen molar-refractivity contribution in [2.24, 2.45) is 0 Å². The van der Waals surface area contributed by atoms with Crippen LogP contribution in [0.4, 0.5) is 4.79 Å². The Bertz CT molecular complexity index is 472. The van der Waals surface area contributed by atoms with Gasteiger partial charge in [-0.1, -0.05) is 23.7 Å². The number of hydrogen-bond acceptors (Lipinski definition) is 3. The number of nitrogens with zero attached hydrogens (tertiary/aromatic N) is 1. The third kappa shape index (κ3) is 6.82. The lowest BCUT2D eigenvalue weighted by atomic mass is 10.1. The molecule has 0 bridgehead atoms. The van der Waals surface area contributed by atoms with Gasteiger partial charge in [0, 0.05) is 31.2 Å².